The summed E-state index contributed by atoms with van der Waals surface area (Å²) in [7, 11) is 3.12. The van der Waals surface area contributed by atoms with Crippen LogP contribution in [-0.2, 0) is 0 Å². The van der Waals surface area contributed by atoms with Gasteiger partial charge in [-0.15, -0.1) is 0 Å². The molecule has 0 saturated carbocycles. The maximum atomic E-state index is 9.56. The first-order valence-corrected chi connectivity index (χ1v) is 8.63. The Hall–Kier alpha value is -2.94. The van der Waals surface area contributed by atoms with Crippen LogP contribution in [0.1, 0.15) is 5.56 Å². The Bertz CT molecular complexity index is 1040. The van der Waals surface area contributed by atoms with E-state index >= 15 is 0 Å². The van der Waals surface area contributed by atoms with Crippen LogP contribution in [0.15, 0.2) is 42.5 Å². The van der Waals surface area contributed by atoms with Gasteiger partial charge in [-0.1, -0.05) is 29.3 Å². The van der Waals surface area contributed by atoms with E-state index in [0.29, 0.717) is 38.4 Å². The molecule has 0 saturated heterocycles. The maximum absolute atomic E-state index is 9.56. The second kappa shape index (κ2) is 7.75. The van der Waals surface area contributed by atoms with Gasteiger partial charge in [-0.25, -0.2) is 4.98 Å². The first-order chi connectivity index (χ1) is 13.0. The molecule has 0 spiro atoms. The molecule has 0 unspecified atom stereocenters. The first-order valence-electron chi connectivity index (χ1n) is 7.87. The number of nitrogens with zero attached hydrogens (tertiary/aromatic N) is 2. The minimum absolute atomic E-state index is 0.0933. The Balaban J connectivity index is 2.27. The Morgan fingerprint density at radius 1 is 1.00 bits per heavy atom. The molecule has 5 nitrogen and oxygen atoms in total. The van der Waals surface area contributed by atoms with Gasteiger partial charge in [-0.3, -0.25) is 0 Å². The van der Waals surface area contributed by atoms with Crippen molar-refractivity contribution < 1.29 is 9.47 Å². The number of aromatic nitrogens is 1. The topological polar surface area (TPSA) is 81.2 Å². The largest absolute Gasteiger partial charge is 0.493 e. The van der Waals surface area contributed by atoms with Crippen LogP contribution in [0.4, 0.5) is 5.82 Å². The van der Waals surface area contributed by atoms with Gasteiger partial charge in [0.2, 0.25) is 0 Å². The van der Waals surface area contributed by atoms with Crippen LogP contribution in [0.5, 0.6) is 11.5 Å². The Morgan fingerprint density at radius 2 is 1.67 bits per heavy atom. The van der Waals surface area contributed by atoms with E-state index in [1.807, 2.05) is 6.07 Å². The Labute approximate surface area is 166 Å². The van der Waals surface area contributed by atoms with Gasteiger partial charge in [0, 0.05) is 26.7 Å². The third kappa shape index (κ3) is 3.50. The average Bonchev–Trinajstić information content (AvgIpc) is 2.67. The average molecular weight is 400 g/mol. The fourth-order valence-electron chi connectivity index (χ4n) is 2.78. The molecule has 27 heavy (non-hydrogen) atoms. The van der Waals surface area contributed by atoms with Crippen molar-refractivity contribution in [3.8, 4) is 40.0 Å². The van der Waals surface area contributed by atoms with E-state index in [4.69, 9.17) is 38.4 Å². The summed E-state index contributed by atoms with van der Waals surface area (Å²) in [5, 5.41) is 10.4. The Morgan fingerprint density at radius 3 is 2.26 bits per heavy atom. The molecule has 7 heteroatoms. The number of nitrogen functional groups attached to an aromatic ring is 1. The molecule has 0 fully saturated rings. The summed E-state index contributed by atoms with van der Waals surface area (Å²) in [4.78, 5) is 4.36. The van der Waals surface area contributed by atoms with Crippen LogP contribution in [0, 0.1) is 11.3 Å². The van der Waals surface area contributed by atoms with Gasteiger partial charge in [-0.2, -0.15) is 5.26 Å². The lowest BCUT2D eigenvalue weighted by atomic mass is 9.98. The third-order valence-electron chi connectivity index (χ3n) is 4.07. The number of anilines is 1. The second-order valence-corrected chi connectivity index (χ2v) is 6.41. The number of nitriles is 1. The van der Waals surface area contributed by atoms with E-state index in [9.17, 15) is 5.26 Å². The fourth-order valence-corrected chi connectivity index (χ4v) is 3.38. The lowest BCUT2D eigenvalue weighted by molar-refractivity contribution is 0.355. The van der Waals surface area contributed by atoms with Gasteiger partial charge in [0.1, 0.15) is 17.5 Å². The summed E-state index contributed by atoms with van der Waals surface area (Å²) in [6.45, 7) is 0. The molecule has 1 heterocycles. The van der Waals surface area contributed by atoms with Crippen molar-refractivity contribution in [2.75, 3.05) is 20.0 Å². The molecule has 0 bridgehead atoms. The first kappa shape index (κ1) is 18.8. The molecular weight excluding hydrogens is 385 g/mol. The maximum Gasteiger partial charge on any atom is 0.161 e. The van der Waals surface area contributed by atoms with Gasteiger partial charge < -0.3 is 15.2 Å². The monoisotopic (exact) mass is 399 g/mol. The highest BCUT2D eigenvalue weighted by atomic mass is 35.5. The number of methoxy groups -OCH3 is 2. The fraction of sp³-hybridized carbons (Fsp3) is 0.100. The van der Waals surface area contributed by atoms with Crippen LogP contribution in [0.3, 0.4) is 0 Å². The van der Waals surface area contributed by atoms with E-state index in [0.717, 1.165) is 5.56 Å². The van der Waals surface area contributed by atoms with Crippen molar-refractivity contribution in [2.24, 2.45) is 0 Å². The van der Waals surface area contributed by atoms with E-state index in [1.165, 1.54) is 0 Å². The van der Waals surface area contributed by atoms with Crippen LogP contribution in [-0.4, -0.2) is 19.2 Å². The highest BCUT2D eigenvalue weighted by Gasteiger charge is 2.18. The molecule has 3 aromatic rings. The zero-order valence-electron chi connectivity index (χ0n) is 14.6. The minimum Gasteiger partial charge on any atom is -0.493 e. The van der Waals surface area contributed by atoms with Crippen LogP contribution >= 0.6 is 23.2 Å². The summed E-state index contributed by atoms with van der Waals surface area (Å²) in [5.41, 5.74) is 8.63. The van der Waals surface area contributed by atoms with Crippen molar-refractivity contribution in [3.63, 3.8) is 0 Å². The molecule has 0 amide bonds. The summed E-state index contributed by atoms with van der Waals surface area (Å²) < 4.78 is 10.6. The zero-order chi connectivity index (χ0) is 19.6. The van der Waals surface area contributed by atoms with Gasteiger partial charge in [-0.05, 0) is 36.4 Å². The van der Waals surface area contributed by atoms with Crippen molar-refractivity contribution in [2.45, 2.75) is 0 Å². The van der Waals surface area contributed by atoms with Gasteiger partial charge in [0.15, 0.2) is 11.5 Å². The lowest BCUT2D eigenvalue weighted by Crippen LogP contribution is -2.00. The predicted molar refractivity (Wildman–Crippen MR) is 107 cm³/mol. The van der Waals surface area contributed by atoms with Crippen molar-refractivity contribution in [3.05, 3.63) is 58.1 Å². The third-order valence-corrected chi connectivity index (χ3v) is 4.70. The summed E-state index contributed by atoms with van der Waals surface area (Å²) in [5.74, 6) is 1.24. The van der Waals surface area contributed by atoms with Gasteiger partial charge >= 0.3 is 0 Å². The highest BCUT2D eigenvalue weighted by Crippen LogP contribution is 2.40. The number of benzene rings is 2. The molecule has 0 atom stereocenters. The van der Waals surface area contributed by atoms with Crippen LogP contribution < -0.4 is 15.2 Å². The second-order valence-electron chi connectivity index (χ2n) is 5.59. The van der Waals surface area contributed by atoms with E-state index in [2.05, 4.69) is 11.1 Å². The van der Waals surface area contributed by atoms with Crippen molar-refractivity contribution in [1.82, 2.24) is 4.98 Å². The quantitative estimate of drug-likeness (QED) is 0.652. The number of nitrogens with two attached hydrogens (primary N) is 1. The number of hydrogen-bond acceptors (Lipinski definition) is 5. The van der Waals surface area contributed by atoms with Gasteiger partial charge in [0.25, 0.3) is 0 Å². The molecule has 0 aliphatic rings. The summed E-state index contributed by atoms with van der Waals surface area (Å²) in [6, 6.07) is 14.4. The molecule has 0 aliphatic heterocycles. The molecule has 3 rings (SSSR count). The molecule has 2 aromatic carbocycles. The lowest BCUT2D eigenvalue weighted by Gasteiger charge is -2.14. The van der Waals surface area contributed by atoms with E-state index < -0.39 is 0 Å². The number of pyridine rings is 1. The van der Waals surface area contributed by atoms with Crippen molar-refractivity contribution >= 4 is 29.0 Å². The normalized spacial score (nSPS) is 10.3. The predicted octanol–water partition coefficient (Wildman–Crippen LogP) is 5.19. The molecule has 2 N–H and O–H groups in total. The number of ether oxygens (including phenoxy) is 2. The standard InChI is InChI=1S/C20H15Cl2N3O2/c1-26-17-7-6-11(8-18(17)27-2)16-9-12(13(10-23)20(24)25-16)19-14(21)4-3-5-15(19)22/h3-9H,1-2H3,(H2,24,25). The molecule has 0 radical (unpaired) electrons. The number of hydrogen-bond donors (Lipinski definition) is 1. The molecule has 0 aliphatic carbocycles. The van der Waals surface area contributed by atoms with Crippen LogP contribution in [0.2, 0.25) is 10.0 Å². The highest BCUT2D eigenvalue weighted by molar-refractivity contribution is 6.39. The van der Waals surface area contributed by atoms with Gasteiger partial charge in [0.05, 0.1) is 19.9 Å². The van der Waals surface area contributed by atoms with E-state index in [-0.39, 0.29) is 11.4 Å². The van der Waals surface area contributed by atoms with E-state index in [1.54, 1.807) is 50.6 Å². The number of halogens is 2. The molecule has 1 aromatic heterocycles. The smallest absolute Gasteiger partial charge is 0.161 e. The van der Waals surface area contributed by atoms with Crippen molar-refractivity contribution in [1.29, 1.82) is 5.26 Å². The molecular formula is C20H15Cl2N3O2. The minimum atomic E-state index is 0.0933. The summed E-state index contributed by atoms with van der Waals surface area (Å²) in [6.07, 6.45) is 0. The number of rotatable bonds is 4. The molecule has 136 valence electrons. The Kier molecular flexibility index (Phi) is 5.41. The summed E-state index contributed by atoms with van der Waals surface area (Å²) >= 11 is 12.7. The SMILES string of the molecule is COc1ccc(-c2cc(-c3c(Cl)cccc3Cl)c(C#N)c(N)n2)cc1OC. The zero-order valence-corrected chi connectivity index (χ0v) is 16.1. The van der Waals surface area contributed by atoms with Crippen LogP contribution in [0.25, 0.3) is 22.4 Å².